The standard InChI is InChI=1S/C18H33N3O2.ClH/c1-13(2)21(14(3)4)10-9-19-17(22)12-20-11-15-7-5-6-8-16(15)18(20)23;/h13-16H,5-12H2,1-4H3,(H,19,22);1H. The Balaban J connectivity index is 0.00000288. The van der Waals surface area contributed by atoms with E-state index >= 15 is 0 Å². The second-order valence-corrected chi connectivity index (χ2v) is 7.65. The summed E-state index contributed by atoms with van der Waals surface area (Å²) in [6, 6.07) is 0.936. The van der Waals surface area contributed by atoms with Crippen molar-refractivity contribution in [2.75, 3.05) is 26.2 Å². The molecule has 1 aliphatic carbocycles. The molecule has 0 spiro atoms. The molecule has 1 N–H and O–H groups in total. The Hall–Kier alpha value is -0.810. The van der Waals surface area contributed by atoms with Gasteiger partial charge in [0.15, 0.2) is 0 Å². The number of amides is 2. The number of hydrogen-bond acceptors (Lipinski definition) is 3. The van der Waals surface area contributed by atoms with Crippen molar-refractivity contribution in [2.24, 2.45) is 11.8 Å². The van der Waals surface area contributed by atoms with Crippen LogP contribution in [0.1, 0.15) is 53.4 Å². The fraction of sp³-hybridized carbons (Fsp3) is 0.889. The lowest BCUT2D eigenvalue weighted by atomic mass is 9.81. The van der Waals surface area contributed by atoms with Crippen LogP contribution in [-0.4, -0.2) is 59.9 Å². The van der Waals surface area contributed by atoms with Gasteiger partial charge in [-0.3, -0.25) is 14.5 Å². The second kappa shape index (κ2) is 9.62. The largest absolute Gasteiger partial charge is 0.353 e. The minimum absolute atomic E-state index is 0. The van der Waals surface area contributed by atoms with E-state index in [1.165, 1.54) is 6.42 Å². The molecule has 0 aromatic rings. The van der Waals surface area contributed by atoms with Crippen LogP contribution in [0.2, 0.25) is 0 Å². The van der Waals surface area contributed by atoms with E-state index in [0.29, 0.717) is 24.5 Å². The third kappa shape index (κ3) is 5.35. The zero-order valence-corrected chi connectivity index (χ0v) is 16.4. The van der Waals surface area contributed by atoms with Crippen molar-refractivity contribution in [3.05, 3.63) is 0 Å². The van der Waals surface area contributed by atoms with Crippen LogP contribution >= 0.6 is 12.4 Å². The van der Waals surface area contributed by atoms with Gasteiger partial charge >= 0.3 is 0 Å². The summed E-state index contributed by atoms with van der Waals surface area (Å²) in [6.07, 6.45) is 4.55. The summed E-state index contributed by atoms with van der Waals surface area (Å²) in [6.45, 7) is 11.2. The molecule has 6 heteroatoms. The number of rotatable bonds is 7. The van der Waals surface area contributed by atoms with Crippen molar-refractivity contribution >= 4 is 24.2 Å². The maximum Gasteiger partial charge on any atom is 0.239 e. The molecule has 2 rings (SSSR count). The predicted molar refractivity (Wildman–Crippen MR) is 99.3 cm³/mol. The molecule has 0 aromatic carbocycles. The molecule has 0 radical (unpaired) electrons. The van der Waals surface area contributed by atoms with Crippen molar-refractivity contribution in [2.45, 2.75) is 65.5 Å². The maximum absolute atomic E-state index is 12.4. The number of hydrogen-bond donors (Lipinski definition) is 1. The lowest BCUT2D eigenvalue weighted by molar-refractivity contribution is -0.135. The minimum atomic E-state index is -0.0236. The van der Waals surface area contributed by atoms with Gasteiger partial charge in [0, 0.05) is 37.6 Å². The topological polar surface area (TPSA) is 52.7 Å². The first-order valence-corrected chi connectivity index (χ1v) is 9.21. The van der Waals surface area contributed by atoms with Crippen LogP contribution in [0.25, 0.3) is 0 Å². The average Bonchev–Trinajstić information content (AvgIpc) is 2.79. The Morgan fingerprint density at radius 3 is 2.42 bits per heavy atom. The molecular formula is C18H34ClN3O2. The van der Waals surface area contributed by atoms with E-state index in [1.54, 1.807) is 4.90 Å². The Morgan fingerprint density at radius 1 is 1.21 bits per heavy atom. The van der Waals surface area contributed by atoms with Crippen LogP contribution in [0.4, 0.5) is 0 Å². The molecule has 2 amide bonds. The van der Waals surface area contributed by atoms with Crippen LogP contribution in [0.15, 0.2) is 0 Å². The van der Waals surface area contributed by atoms with Crippen LogP contribution in [0, 0.1) is 11.8 Å². The fourth-order valence-corrected chi connectivity index (χ4v) is 4.17. The molecule has 5 nitrogen and oxygen atoms in total. The highest BCUT2D eigenvalue weighted by Gasteiger charge is 2.41. The number of carbonyl (C=O) groups excluding carboxylic acids is 2. The Kier molecular flexibility index (Phi) is 8.51. The van der Waals surface area contributed by atoms with Gasteiger partial charge in [-0.25, -0.2) is 0 Å². The Morgan fingerprint density at radius 2 is 1.83 bits per heavy atom. The second-order valence-electron chi connectivity index (χ2n) is 7.65. The zero-order chi connectivity index (χ0) is 17.0. The van der Waals surface area contributed by atoms with Gasteiger partial charge in [-0.05, 0) is 46.5 Å². The molecule has 1 saturated heterocycles. The molecular weight excluding hydrogens is 326 g/mol. The van der Waals surface area contributed by atoms with Crippen molar-refractivity contribution in [3.63, 3.8) is 0 Å². The van der Waals surface area contributed by atoms with E-state index < -0.39 is 0 Å². The normalized spacial score (nSPS) is 23.6. The van der Waals surface area contributed by atoms with E-state index in [4.69, 9.17) is 0 Å². The zero-order valence-electron chi connectivity index (χ0n) is 15.6. The number of fused-ring (bicyclic) bond motifs is 1. The van der Waals surface area contributed by atoms with E-state index in [1.807, 2.05) is 0 Å². The quantitative estimate of drug-likeness (QED) is 0.758. The smallest absolute Gasteiger partial charge is 0.239 e. The number of nitrogens with one attached hydrogen (secondary N) is 1. The van der Waals surface area contributed by atoms with E-state index in [2.05, 4.69) is 37.9 Å². The first kappa shape index (κ1) is 21.2. The van der Waals surface area contributed by atoms with Crippen molar-refractivity contribution in [1.82, 2.24) is 15.1 Å². The van der Waals surface area contributed by atoms with Gasteiger partial charge in [-0.1, -0.05) is 12.8 Å². The molecule has 1 aliphatic heterocycles. The number of halogens is 1. The van der Waals surface area contributed by atoms with Crippen LogP contribution in [0.3, 0.4) is 0 Å². The average molecular weight is 360 g/mol. The highest BCUT2D eigenvalue weighted by Crippen LogP contribution is 2.36. The lowest BCUT2D eigenvalue weighted by Gasteiger charge is -2.30. The number of carbonyl (C=O) groups is 2. The minimum Gasteiger partial charge on any atom is -0.353 e. The lowest BCUT2D eigenvalue weighted by Crippen LogP contribution is -2.44. The van der Waals surface area contributed by atoms with Crippen LogP contribution in [-0.2, 0) is 9.59 Å². The monoisotopic (exact) mass is 359 g/mol. The van der Waals surface area contributed by atoms with Gasteiger partial charge in [0.2, 0.25) is 11.8 Å². The summed E-state index contributed by atoms with van der Waals surface area (Å²) >= 11 is 0. The molecule has 1 saturated carbocycles. The third-order valence-electron chi connectivity index (χ3n) is 5.35. The molecule has 2 atom stereocenters. The van der Waals surface area contributed by atoms with Gasteiger partial charge in [0.05, 0.1) is 6.54 Å². The Bertz CT molecular complexity index is 420. The molecule has 2 aliphatic rings. The molecule has 0 aromatic heterocycles. The van der Waals surface area contributed by atoms with Crippen molar-refractivity contribution in [1.29, 1.82) is 0 Å². The molecule has 0 bridgehead atoms. The molecule has 2 unspecified atom stereocenters. The fourth-order valence-electron chi connectivity index (χ4n) is 4.17. The number of likely N-dealkylation sites (tertiary alicyclic amines) is 1. The highest BCUT2D eigenvalue weighted by molar-refractivity contribution is 5.87. The first-order chi connectivity index (χ1) is 10.9. The van der Waals surface area contributed by atoms with Crippen molar-refractivity contribution < 1.29 is 9.59 Å². The molecule has 140 valence electrons. The van der Waals surface area contributed by atoms with Crippen LogP contribution in [0.5, 0.6) is 0 Å². The summed E-state index contributed by atoms with van der Waals surface area (Å²) in [7, 11) is 0. The SMILES string of the molecule is CC(C)N(CCNC(=O)CN1CC2CCCCC2C1=O)C(C)C.Cl. The van der Waals surface area contributed by atoms with Gasteiger partial charge in [-0.2, -0.15) is 0 Å². The predicted octanol–water partition coefficient (Wildman–Crippen LogP) is 2.29. The molecule has 1 heterocycles. The molecule has 2 fully saturated rings. The summed E-state index contributed by atoms with van der Waals surface area (Å²) in [5.74, 6) is 0.857. The van der Waals surface area contributed by atoms with Gasteiger partial charge in [0.1, 0.15) is 0 Å². The van der Waals surface area contributed by atoms with Crippen molar-refractivity contribution in [3.8, 4) is 0 Å². The van der Waals surface area contributed by atoms with Gasteiger partial charge < -0.3 is 10.2 Å². The van der Waals surface area contributed by atoms with Crippen LogP contribution < -0.4 is 5.32 Å². The number of nitrogens with zero attached hydrogens (tertiary/aromatic N) is 2. The summed E-state index contributed by atoms with van der Waals surface area (Å²) in [4.78, 5) is 28.7. The van der Waals surface area contributed by atoms with Gasteiger partial charge in [0.25, 0.3) is 0 Å². The highest BCUT2D eigenvalue weighted by atomic mass is 35.5. The van der Waals surface area contributed by atoms with Gasteiger partial charge in [-0.15, -0.1) is 12.4 Å². The van der Waals surface area contributed by atoms with E-state index in [-0.39, 0.29) is 36.7 Å². The summed E-state index contributed by atoms with van der Waals surface area (Å²) in [5, 5.41) is 2.98. The summed E-state index contributed by atoms with van der Waals surface area (Å²) in [5.41, 5.74) is 0. The third-order valence-corrected chi connectivity index (χ3v) is 5.35. The Labute approximate surface area is 152 Å². The maximum atomic E-state index is 12.4. The molecule has 24 heavy (non-hydrogen) atoms. The van der Waals surface area contributed by atoms with E-state index in [9.17, 15) is 9.59 Å². The first-order valence-electron chi connectivity index (χ1n) is 9.21. The van der Waals surface area contributed by atoms with E-state index in [0.717, 1.165) is 32.4 Å². The summed E-state index contributed by atoms with van der Waals surface area (Å²) < 4.78 is 0.